The molecule has 3 nitrogen and oxygen atoms in total. The first-order valence-corrected chi connectivity index (χ1v) is 8.33. The molecule has 2 rings (SSSR count). The maximum Gasteiger partial charge on any atom is 0.173 e. The van der Waals surface area contributed by atoms with Gasteiger partial charge in [-0.1, -0.05) is 31.4 Å². The zero-order chi connectivity index (χ0) is 17.2. The van der Waals surface area contributed by atoms with E-state index < -0.39 is 11.2 Å². The number of carbonyl (C=O) groups excluding carboxylic acids is 2. The molecule has 0 saturated heterocycles. The number of carbonyl (C=O) groups is 2. The number of ketones is 2. The van der Waals surface area contributed by atoms with Crippen molar-refractivity contribution in [2.24, 2.45) is 5.41 Å². The minimum absolute atomic E-state index is 0.0175. The zero-order valence-electron chi connectivity index (χ0n) is 13.8. The fraction of sp³-hybridized carbons (Fsp3) is 0.556. The van der Waals surface area contributed by atoms with Gasteiger partial charge in [-0.15, -0.1) is 0 Å². The quantitative estimate of drug-likeness (QED) is 0.718. The number of benzene rings is 1. The summed E-state index contributed by atoms with van der Waals surface area (Å²) < 4.78 is 19.1. The molecular formula is C18H22ClFO3. The Kier molecular flexibility index (Phi) is 5.45. The van der Waals surface area contributed by atoms with Gasteiger partial charge in [-0.2, -0.15) is 0 Å². The second-order valence-electron chi connectivity index (χ2n) is 6.32. The molecule has 0 N–H and O–H groups in total. The summed E-state index contributed by atoms with van der Waals surface area (Å²) in [6.07, 6.45) is 3.80. The Labute approximate surface area is 141 Å². The van der Waals surface area contributed by atoms with E-state index in [-0.39, 0.29) is 22.3 Å². The van der Waals surface area contributed by atoms with Gasteiger partial charge in [-0.25, -0.2) is 4.39 Å². The molecule has 0 radical (unpaired) electrons. The highest BCUT2D eigenvalue weighted by molar-refractivity contribution is 6.33. The Morgan fingerprint density at radius 2 is 2.13 bits per heavy atom. The van der Waals surface area contributed by atoms with Crippen molar-refractivity contribution < 1.29 is 18.7 Å². The maximum atomic E-state index is 14.1. The molecule has 0 aromatic heterocycles. The molecular weight excluding hydrogens is 319 g/mol. The van der Waals surface area contributed by atoms with Crippen LogP contribution in [0.3, 0.4) is 0 Å². The lowest BCUT2D eigenvalue weighted by molar-refractivity contribution is -0.117. The molecule has 5 heteroatoms. The molecule has 0 heterocycles. The molecule has 1 aliphatic carbocycles. The van der Waals surface area contributed by atoms with Crippen LogP contribution < -0.4 is 4.74 Å². The number of ether oxygens (including phenoxy) is 1. The average Bonchev–Trinajstić information content (AvgIpc) is 2.78. The predicted molar refractivity (Wildman–Crippen MR) is 87.9 cm³/mol. The monoisotopic (exact) mass is 340 g/mol. The van der Waals surface area contributed by atoms with Gasteiger partial charge >= 0.3 is 0 Å². The molecule has 0 unspecified atom stereocenters. The number of hydrogen-bond donors (Lipinski definition) is 0. The van der Waals surface area contributed by atoms with Crippen LogP contribution >= 0.6 is 11.6 Å². The first-order valence-electron chi connectivity index (χ1n) is 7.95. The van der Waals surface area contributed by atoms with E-state index in [1.807, 2.05) is 0 Å². The van der Waals surface area contributed by atoms with Crippen molar-refractivity contribution >= 4 is 23.2 Å². The minimum atomic E-state index is -0.646. The molecule has 0 saturated carbocycles. The van der Waals surface area contributed by atoms with Gasteiger partial charge in [0.25, 0.3) is 0 Å². The van der Waals surface area contributed by atoms with E-state index >= 15 is 0 Å². The second-order valence-corrected chi connectivity index (χ2v) is 6.70. The highest BCUT2D eigenvalue weighted by Crippen LogP contribution is 2.49. The fourth-order valence-electron chi connectivity index (χ4n) is 3.37. The summed E-state index contributed by atoms with van der Waals surface area (Å²) in [5, 5.41) is 0.178. The highest BCUT2D eigenvalue weighted by Gasteiger charge is 2.46. The molecule has 1 aromatic carbocycles. The summed E-state index contributed by atoms with van der Waals surface area (Å²) in [6.45, 7) is 3.58. The van der Waals surface area contributed by atoms with E-state index in [0.717, 1.165) is 12.8 Å². The van der Waals surface area contributed by atoms with Crippen LogP contribution in [0.2, 0.25) is 5.02 Å². The summed E-state index contributed by atoms with van der Waals surface area (Å²) in [6, 6.07) is 1.23. The fourth-order valence-corrected chi connectivity index (χ4v) is 3.70. The maximum absolute atomic E-state index is 14.1. The molecule has 126 valence electrons. The molecule has 1 atom stereocenters. The summed E-state index contributed by atoms with van der Waals surface area (Å²) >= 11 is 6.26. The number of unbranched alkanes of at least 4 members (excludes halogenated alkanes) is 1. The molecule has 1 aliphatic rings. The van der Waals surface area contributed by atoms with Gasteiger partial charge in [0.15, 0.2) is 17.3 Å². The van der Waals surface area contributed by atoms with E-state index in [4.69, 9.17) is 16.3 Å². The third-order valence-electron chi connectivity index (χ3n) is 4.69. The Balaban J connectivity index is 2.45. The van der Waals surface area contributed by atoms with E-state index in [0.29, 0.717) is 36.8 Å². The Morgan fingerprint density at radius 1 is 1.43 bits per heavy atom. The SMILES string of the molecule is CCCC[C@]1(CCC(C)=O)Cc2c(cc(F)c(OC)c2Cl)C1=O. The van der Waals surface area contributed by atoms with Crippen LogP contribution in [-0.4, -0.2) is 18.7 Å². The summed E-state index contributed by atoms with van der Waals surface area (Å²) in [4.78, 5) is 24.4. The van der Waals surface area contributed by atoms with Gasteiger partial charge in [0.2, 0.25) is 0 Å². The second kappa shape index (κ2) is 7.00. The Morgan fingerprint density at radius 3 is 2.70 bits per heavy atom. The van der Waals surface area contributed by atoms with Crippen LogP contribution in [-0.2, 0) is 11.2 Å². The molecule has 0 bridgehead atoms. The smallest absolute Gasteiger partial charge is 0.173 e. The van der Waals surface area contributed by atoms with Gasteiger partial charge in [-0.3, -0.25) is 4.79 Å². The predicted octanol–water partition coefficient (Wildman–Crippen LogP) is 4.77. The molecule has 23 heavy (non-hydrogen) atoms. The molecule has 0 fully saturated rings. The summed E-state index contributed by atoms with van der Waals surface area (Å²) in [7, 11) is 1.35. The van der Waals surface area contributed by atoms with Gasteiger partial charge in [-0.05, 0) is 37.8 Å². The van der Waals surface area contributed by atoms with Crippen molar-refractivity contribution in [1.82, 2.24) is 0 Å². The number of methoxy groups -OCH3 is 1. The first kappa shape index (κ1) is 17.9. The molecule has 0 amide bonds. The van der Waals surface area contributed by atoms with Crippen molar-refractivity contribution in [2.45, 2.75) is 52.4 Å². The van der Waals surface area contributed by atoms with E-state index in [2.05, 4.69) is 6.92 Å². The van der Waals surface area contributed by atoms with Gasteiger partial charge in [0.05, 0.1) is 12.1 Å². The number of hydrogen-bond acceptors (Lipinski definition) is 3. The van der Waals surface area contributed by atoms with E-state index in [1.54, 1.807) is 0 Å². The van der Waals surface area contributed by atoms with Gasteiger partial charge in [0, 0.05) is 17.4 Å². The lowest BCUT2D eigenvalue weighted by atomic mass is 9.75. The van der Waals surface area contributed by atoms with Crippen LogP contribution in [0.1, 0.15) is 61.9 Å². The molecule has 1 aromatic rings. The van der Waals surface area contributed by atoms with Crippen molar-refractivity contribution in [3.05, 3.63) is 28.0 Å². The topological polar surface area (TPSA) is 43.4 Å². The minimum Gasteiger partial charge on any atom is -0.492 e. The number of rotatable bonds is 7. The number of Topliss-reactive ketones (excluding diaryl/α,β-unsaturated/α-hetero) is 2. The number of fused-ring (bicyclic) bond motifs is 1. The van der Waals surface area contributed by atoms with Gasteiger partial charge in [0.1, 0.15) is 5.78 Å². The number of halogens is 2. The lowest BCUT2D eigenvalue weighted by Crippen LogP contribution is -2.29. The van der Waals surface area contributed by atoms with Crippen LogP contribution in [0, 0.1) is 11.2 Å². The van der Waals surface area contributed by atoms with Crippen molar-refractivity contribution in [2.75, 3.05) is 7.11 Å². The van der Waals surface area contributed by atoms with Crippen molar-refractivity contribution in [3.63, 3.8) is 0 Å². The summed E-state index contributed by atoms with van der Waals surface area (Å²) in [5.41, 5.74) is 0.342. The summed E-state index contributed by atoms with van der Waals surface area (Å²) in [5.74, 6) is -0.677. The van der Waals surface area contributed by atoms with E-state index in [9.17, 15) is 14.0 Å². The molecule has 0 spiro atoms. The standard InChI is InChI=1S/C18H22ClFO3/c1-4-5-7-18(8-6-11(2)21)10-13-12(17(18)22)9-14(20)16(23-3)15(13)19/h9H,4-8,10H2,1-3H3/t18-/m0/s1. The average molecular weight is 341 g/mol. The van der Waals surface area contributed by atoms with Crippen molar-refractivity contribution in [3.8, 4) is 5.75 Å². The molecule has 0 aliphatic heterocycles. The van der Waals surface area contributed by atoms with Crippen molar-refractivity contribution in [1.29, 1.82) is 0 Å². The Bertz CT molecular complexity index is 642. The van der Waals surface area contributed by atoms with Crippen LogP contribution in [0.5, 0.6) is 5.75 Å². The van der Waals surface area contributed by atoms with Crippen LogP contribution in [0.4, 0.5) is 4.39 Å². The van der Waals surface area contributed by atoms with Crippen LogP contribution in [0.15, 0.2) is 6.07 Å². The highest BCUT2D eigenvalue weighted by atomic mass is 35.5. The zero-order valence-corrected chi connectivity index (χ0v) is 14.6. The van der Waals surface area contributed by atoms with E-state index in [1.165, 1.54) is 20.1 Å². The first-order chi connectivity index (χ1) is 10.9. The lowest BCUT2D eigenvalue weighted by Gasteiger charge is -2.27. The third kappa shape index (κ3) is 3.27. The van der Waals surface area contributed by atoms with Crippen LogP contribution in [0.25, 0.3) is 0 Å². The Hall–Kier alpha value is -1.42. The third-order valence-corrected chi connectivity index (χ3v) is 5.09. The normalized spacial score (nSPS) is 19.8. The largest absolute Gasteiger partial charge is 0.492 e. The van der Waals surface area contributed by atoms with Gasteiger partial charge < -0.3 is 9.53 Å².